The summed E-state index contributed by atoms with van der Waals surface area (Å²) in [5.74, 6) is 0.552. The Morgan fingerprint density at radius 1 is 1.53 bits per heavy atom. The summed E-state index contributed by atoms with van der Waals surface area (Å²) in [7, 11) is 0. The minimum Gasteiger partial charge on any atom is -0.393 e. The highest BCUT2D eigenvalue weighted by Gasteiger charge is 2.29. The fourth-order valence-corrected chi connectivity index (χ4v) is 2.10. The maximum Gasteiger partial charge on any atom is 0.271 e. The number of carbonyl (C=O) groups is 1. The highest BCUT2D eigenvalue weighted by Crippen LogP contribution is 2.25. The van der Waals surface area contributed by atoms with Gasteiger partial charge in [-0.05, 0) is 18.8 Å². The van der Waals surface area contributed by atoms with Crippen LogP contribution >= 0.6 is 0 Å². The average molecular weight is 237 g/mol. The molecule has 0 fully saturated rings. The lowest BCUT2D eigenvalue weighted by Crippen LogP contribution is -2.32. The van der Waals surface area contributed by atoms with Crippen LogP contribution in [0.2, 0.25) is 0 Å². The van der Waals surface area contributed by atoms with Gasteiger partial charge in [0.15, 0.2) is 0 Å². The van der Waals surface area contributed by atoms with E-state index in [1.807, 2.05) is 0 Å². The Hall–Kier alpha value is -1.36. The van der Waals surface area contributed by atoms with Crippen molar-refractivity contribution in [2.24, 2.45) is 5.41 Å². The molecule has 0 bridgehead atoms. The molecule has 5 nitrogen and oxygen atoms in total. The van der Waals surface area contributed by atoms with Crippen molar-refractivity contribution >= 4 is 5.91 Å². The third-order valence-corrected chi connectivity index (χ3v) is 2.91. The molecular weight excluding hydrogens is 218 g/mol. The zero-order valence-electron chi connectivity index (χ0n) is 10.5. The molecule has 0 saturated carbocycles. The van der Waals surface area contributed by atoms with Crippen molar-refractivity contribution in [1.82, 2.24) is 15.3 Å². The van der Waals surface area contributed by atoms with Crippen LogP contribution in [0.3, 0.4) is 0 Å². The van der Waals surface area contributed by atoms with Crippen molar-refractivity contribution in [2.45, 2.75) is 39.7 Å². The van der Waals surface area contributed by atoms with E-state index >= 15 is 0 Å². The maximum atomic E-state index is 11.8. The van der Waals surface area contributed by atoms with Gasteiger partial charge in [-0.1, -0.05) is 13.8 Å². The molecule has 0 radical (unpaired) electrons. The first-order valence-electron chi connectivity index (χ1n) is 5.91. The van der Waals surface area contributed by atoms with Crippen LogP contribution in [0, 0.1) is 5.41 Å². The van der Waals surface area contributed by atoms with Gasteiger partial charge in [0.25, 0.3) is 5.91 Å². The first-order valence-corrected chi connectivity index (χ1v) is 5.91. The van der Waals surface area contributed by atoms with Crippen LogP contribution < -0.4 is 5.32 Å². The second-order valence-electron chi connectivity index (χ2n) is 5.59. The van der Waals surface area contributed by atoms with Gasteiger partial charge in [-0.25, -0.2) is 4.98 Å². The molecule has 1 amide bonds. The maximum absolute atomic E-state index is 11.8. The molecule has 1 aromatic rings. The summed E-state index contributed by atoms with van der Waals surface area (Å²) in [6.45, 7) is 6.58. The van der Waals surface area contributed by atoms with Crippen LogP contribution in [0.15, 0.2) is 0 Å². The van der Waals surface area contributed by atoms with Gasteiger partial charge in [-0.2, -0.15) is 0 Å². The number of H-pyrrole nitrogens is 1. The quantitative estimate of drug-likeness (QED) is 0.706. The normalized spacial score (nSPS) is 20.4. The summed E-state index contributed by atoms with van der Waals surface area (Å²) in [6, 6.07) is 0. The van der Waals surface area contributed by atoms with Crippen LogP contribution in [-0.4, -0.2) is 33.6 Å². The summed E-state index contributed by atoms with van der Waals surface area (Å²) in [6.07, 6.45) is 0.773. The molecule has 1 atom stereocenters. The molecule has 2 rings (SSSR count). The van der Waals surface area contributed by atoms with Gasteiger partial charge < -0.3 is 15.4 Å². The predicted molar refractivity (Wildman–Crippen MR) is 63.8 cm³/mol. The molecule has 2 heterocycles. The van der Waals surface area contributed by atoms with Crippen LogP contribution in [0.5, 0.6) is 0 Å². The van der Waals surface area contributed by atoms with Crippen molar-refractivity contribution in [3.05, 3.63) is 17.2 Å². The Balaban J connectivity index is 2.32. The highest BCUT2D eigenvalue weighted by atomic mass is 16.3. The van der Waals surface area contributed by atoms with Crippen molar-refractivity contribution < 1.29 is 9.90 Å². The number of carbonyl (C=O) groups excluding carboxylic acids is 1. The monoisotopic (exact) mass is 237 g/mol. The van der Waals surface area contributed by atoms with E-state index in [4.69, 9.17) is 0 Å². The van der Waals surface area contributed by atoms with Crippen LogP contribution in [-0.2, 0) is 12.8 Å². The molecular formula is C12H19N3O2. The van der Waals surface area contributed by atoms with E-state index in [1.54, 1.807) is 6.92 Å². The van der Waals surface area contributed by atoms with Gasteiger partial charge in [-0.3, -0.25) is 4.79 Å². The number of imidazole rings is 1. The SMILES string of the molecule is C[C@H](O)Cc1nc2c([nH]1)CC(C)(C)CNC2=O. The molecule has 5 heteroatoms. The summed E-state index contributed by atoms with van der Waals surface area (Å²) in [4.78, 5) is 19.3. The lowest BCUT2D eigenvalue weighted by Gasteiger charge is -2.21. The molecule has 0 saturated heterocycles. The minimum absolute atomic E-state index is 0.0234. The molecule has 3 N–H and O–H groups in total. The van der Waals surface area contributed by atoms with E-state index in [0.29, 0.717) is 24.5 Å². The predicted octanol–water partition coefficient (Wildman–Crippen LogP) is 0.645. The van der Waals surface area contributed by atoms with Gasteiger partial charge in [0.2, 0.25) is 0 Å². The van der Waals surface area contributed by atoms with Crippen molar-refractivity contribution in [3.63, 3.8) is 0 Å². The number of hydrogen-bond acceptors (Lipinski definition) is 3. The van der Waals surface area contributed by atoms with Gasteiger partial charge in [0.05, 0.1) is 6.10 Å². The number of aliphatic hydroxyl groups is 1. The van der Waals surface area contributed by atoms with Gasteiger partial charge >= 0.3 is 0 Å². The summed E-state index contributed by atoms with van der Waals surface area (Å²) in [5.41, 5.74) is 1.38. The lowest BCUT2D eigenvalue weighted by atomic mass is 9.88. The van der Waals surface area contributed by atoms with Gasteiger partial charge in [0, 0.05) is 18.7 Å². The Morgan fingerprint density at radius 3 is 2.88 bits per heavy atom. The molecule has 1 aromatic heterocycles. The smallest absolute Gasteiger partial charge is 0.271 e. The number of hydrogen-bond donors (Lipinski definition) is 3. The number of amides is 1. The van der Waals surface area contributed by atoms with Gasteiger partial charge in [0.1, 0.15) is 11.5 Å². The van der Waals surface area contributed by atoms with E-state index in [1.165, 1.54) is 0 Å². The van der Waals surface area contributed by atoms with E-state index in [2.05, 4.69) is 29.1 Å². The number of aromatic amines is 1. The fourth-order valence-electron chi connectivity index (χ4n) is 2.10. The largest absolute Gasteiger partial charge is 0.393 e. The number of fused-ring (bicyclic) bond motifs is 1. The second-order valence-corrected chi connectivity index (χ2v) is 5.59. The molecule has 0 aliphatic carbocycles. The van der Waals surface area contributed by atoms with E-state index in [-0.39, 0.29) is 11.3 Å². The first kappa shape index (κ1) is 12.1. The molecule has 0 unspecified atom stereocenters. The van der Waals surface area contributed by atoms with Crippen molar-refractivity contribution in [1.29, 1.82) is 0 Å². The van der Waals surface area contributed by atoms with Gasteiger partial charge in [-0.15, -0.1) is 0 Å². The Labute approximate surface area is 101 Å². The Morgan fingerprint density at radius 2 is 2.24 bits per heavy atom. The molecule has 0 aromatic carbocycles. The van der Waals surface area contributed by atoms with Crippen molar-refractivity contribution in [2.75, 3.05) is 6.54 Å². The molecule has 94 valence electrons. The van der Waals surface area contributed by atoms with Crippen LogP contribution in [0.1, 0.15) is 42.8 Å². The zero-order valence-corrected chi connectivity index (χ0v) is 10.5. The third kappa shape index (κ3) is 2.66. The summed E-state index contributed by atoms with van der Waals surface area (Å²) in [5, 5.41) is 12.2. The molecule has 17 heavy (non-hydrogen) atoms. The minimum atomic E-state index is -0.458. The Kier molecular flexibility index (Phi) is 2.95. The highest BCUT2D eigenvalue weighted by molar-refractivity contribution is 5.93. The standard InChI is InChI=1S/C12H19N3O2/c1-7(16)4-9-14-8-5-12(2,3)6-13-11(17)10(8)15-9/h7,16H,4-6H2,1-3H3,(H,13,17)(H,14,15)/t7-/m0/s1. The molecule has 1 aliphatic rings. The van der Waals surface area contributed by atoms with Crippen LogP contribution in [0.4, 0.5) is 0 Å². The average Bonchev–Trinajstić information content (AvgIpc) is 2.51. The number of aromatic nitrogens is 2. The number of rotatable bonds is 2. The number of nitrogens with zero attached hydrogens (tertiary/aromatic N) is 1. The van der Waals surface area contributed by atoms with E-state index < -0.39 is 6.10 Å². The topological polar surface area (TPSA) is 78.0 Å². The van der Waals surface area contributed by atoms with E-state index in [0.717, 1.165) is 12.1 Å². The fraction of sp³-hybridized carbons (Fsp3) is 0.667. The number of aliphatic hydroxyl groups excluding tert-OH is 1. The second kappa shape index (κ2) is 4.14. The first-order chi connectivity index (χ1) is 7.87. The zero-order chi connectivity index (χ0) is 12.6. The van der Waals surface area contributed by atoms with Crippen molar-refractivity contribution in [3.8, 4) is 0 Å². The van der Waals surface area contributed by atoms with E-state index in [9.17, 15) is 9.90 Å². The summed E-state index contributed by atoms with van der Waals surface area (Å²) < 4.78 is 0. The molecule has 1 aliphatic heterocycles. The number of nitrogens with one attached hydrogen (secondary N) is 2. The molecule has 0 spiro atoms. The third-order valence-electron chi connectivity index (χ3n) is 2.91. The summed E-state index contributed by atoms with van der Waals surface area (Å²) >= 11 is 0. The lowest BCUT2D eigenvalue weighted by molar-refractivity contribution is 0.0940. The Bertz CT molecular complexity index is 435. The van der Waals surface area contributed by atoms with Crippen LogP contribution in [0.25, 0.3) is 0 Å².